The number of ether oxygens (including phenoxy) is 1. The van der Waals surface area contributed by atoms with E-state index < -0.39 is 21.8 Å². The van der Waals surface area contributed by atoms with Crippen molar-refractivity contribution < 1.29 is 23.1 Å². The van der Waals surface area contributed by atoms with E-state index in [2.05, 4.69) is 5.32 Å². The molecule has 1 rings (SSSR count). The summed E-state index contributed by atoms with van der Waals surface area (Å²) < 4.78 is 28.4. The van der Waals surface area contributed by atoms with Gasteiger partial charge in [-0.2, -0.15) is 0 Å². The first kappa shape index (κ1) is 16.4. The first-order valence-electron chi connectivity index (χ1n) is 5.89. The van der Waals surface area contributed by atoms with Crippen LogP contribution in [0.3, 0.4) is 0 Å². The maximum atomic E-state index is 11.8. The summed E-state index contributed by atoms with van der Waals surface area (Å²) in [4.78, 5) is 11.5. The molecule has 0 spiro atoms. The summed E-state index contributed by atoms with van der Waals surface area (Å²) in [6.45, 7) is 0.0781. The molecule has 0 saturated carbocycles. The van der Waals surface area contributed by atoms with Crippen LogP contribution in [-0.4, -0.2) is 45.8 Å². The van der Waals surface area contributed by atoms with E-state index >= 15 is 0 Å². The van der Waals surface area contributed by atoms with Gasteiger partial charge in [0.25, 0.3) is 0 Å². The zero-order chi connectivity index (χ0) is 15.0. The van der Waals surface area contributed by atoms with Gasteiger partial charge in [0.05, 0.1) is 17.6 Å². The smallest absolute Gasteiger partial charge is 0.244 e. The number of hydrogen-bond acceptors (Lipinski definition) is 5. The first-order chi connectivity index (χ1) is 9.45. The first-order valence-corrected chi connectivity index (χ1v) is 7.43. The van der Waals surface area contributed by atoms with Crippen LogP contribution in [0.5, 0.6) is 0 Å². The molecule has 1 atom stereocenters. The average Bonchev–Trinajstić information content (AvgIpc) is 2.44. The third-order valence-electron chi connectivity index (χ3n) is 2.34. The van der Waals surface area contributed by atoms with Crippen LogP contribution in [0, 0.1) is 0 Å². The van der Waals surface area contributed by atoms with Gasteiger partial charge in [-0.25, -0.2) is 8.42 Å². The van der Waals surface area contributed by atoms with Crippen LogP contribution in [0.25, 0.3) is 0 Å². The number of aliphatic hydroxyl groups excluding tert-OH is 1. The summed E-state index contributed by atoms with van der Waals surface area (Å²) in [5.74, 6) is -0.598. The number of benzene rings is 1. The van der Waals surface area contributed by atoms with Gasteiger partial charge >= 0.3 is 0 Å². The van der Waals surface area contributed by atoms with Crippen LogP contribution in [0.4, 0.5) is 0 Å². The maximum absolute atomic E-state index is 11.8. The van der Waals surface area contributed by atoms with Gasteiger partial charge in [-0.3, -0.25) is 4.79 Å². The van der Waals surface area contributed by atoms with Crippen molar-refractivity contribution in [2.45, 2.75) is 11.0 Å². The molecule has 0 aliphatic heterocycles. The predicted octanol–water partition coefficient (Wildman–Crippen LogP) is 0.0975. The van der Waals surface area contributed by atoms with E-state index in [1.54, 1.807) is 18.2 Å². The number of sulfone groups is 1. The maximum Gasteiger partial charge on any atom is 0.244 e. The predicted molar refractivity (Wildman–Crippen MR) is 73.7 cm³/mol. The van der Waals surface area contributed by atoms with Crippen LogP contribution in [-0.2, 0) is 19.4 Å². The van der Waals surface area contributed by atoms with Gasteiger partial charge in [0.1, 0.15) is 0 Å². The fourth-order valence-corrected chi connectivity index (χ4v) is 2.37. The van der Waals surface area contributed by atoms with Gasteiger partial charge < -0.3 is 15.2 Å². The molecule has 0 aromatic heterocycles. The summed E-state index contributed by atoms with van der Waals surface area (Å²) >= 11 is 0. The molecule has 1 aromatic rings. The second kappa shape index (κ2) is 7.78. The third kappa shape index (κ3) is 5.52. The van der Waals surface area contributed by atoms with Crippen molar-refractivity contribution in [2.75, 3.05) is 20.3 Å². The monoisotopic (exact) mass is 299 g/mol. The highest BCUT2D eigenvalue weighted by Gasteiger charge is 2.10. The van der Waals surface area contributed by atoms with Gasteiger partial charge in [0, 0.05) is 25.1 Å². The lowest BCUT2D eigenvalue weighted by atomic mass is 10.4. The number of nitrogens with one attached hydrogen (secondary N) is 1. The number of carbonyl (C=O) groups is 1. The second-order valence-corrected chi connectivity index (χ2v) is 5.85. The van der Waals surface area contributed by atoms with Crippen molar-refractivity contribution in [3.8, 4) is 0 Å². The van der Waals surface area contributed by atoms with E-state index in [4.69, 9.17) is 4.74 Å². The summed E-state index contributed by atoms with van der Waals surface area (Å²) in [6, 6.07) is 7.79. The Hall–Kier alpha value is -1.70. The van der Waals surface area contributed by atoms with Crippen molar-refractivity contribution >= 4 is 15.7 Å². The van der Waals surface area contributed by atoms with E-state index in [1.807, 2.05) is 0 Å². The Kier molecular flexibility index (Phi) is 6.37. The van der Waals surface area contributed by atoms with Crippen LogP contribution >= 0.6 is 0 Å². The topological polar surface area (TPSA) is 92.7 Å². The molecule has 6 nitrogen and oxygen atoms in total. The van der Waals surface area contributed by atoms with Crippen molar-refractivity contribution in [1.29, 1.82) is 0 Å². The quantitative estimate of drug-likeness (QED) is 0.697. The molecule has 1 unspecified atom stereocenters. The molecule has 0 radical (unpaired) electrons. The Morgan fingerprint density at radius 1 is 1.40 bits per heavy atom. The second-order valence-electron chi connectivity index (χ2n) is 4.02. The van der Waals surface area contributed by atoms with E-state index in [0.29, 0.717) is 0 Å². The highest BCUT2D eigenvalue weighted by Crippen LogP contribution is 2.10. The molecule has 2 N–H and O–H groups in total. The summed E-state index contributed by atoms with van der Waals surface area (Å²) in [7, 11) is -2.20. The molecule has 1 aromatic carbocycles. The molecule has 0 bridgehead atoms. The van der Waals surface area contributed by atoms with Crippen LogP contribution in [0.15, 0.2) is 46.7 Å². The molecular weight excluding hydrogens is 282 g/mol. The van der Waals surface area contributed by atoms with Gasteiger partial charge in [-0.15, -0.1) is 0 Å². The Morgan fingerprint density at radius 2 is 2.05 bits per heavy atom. The summed E-state index contributed by atoms with van der Waals surface area (Å²) in [5.41, 5.74) is 0. The number of carbonyl (C=O) groups excluding carboxylic acids is 1. The largest absolute Gasteiger partial charge is 0.389 e. The lowest BCUT2D eigenvalue weighted by molar-refractivity contribution is -0.117. The van der Waals surface area contributed by atoms with E-state index in [-0.39, 0.29) is 18.0 Å². The van der Waals surface area contributed by atoms with E-state index in [9.17, 15) is 18.3 Å². The fraction of sp³-hybridized carbons (Fsp3) is 0.308. The molecule has 0 aliphatic rings. The van der Waals surface area contributed by atoms with Crippen LogP contribution in [0.2, 0.25) is 0 Å². The number of rotatable bonds is 7. The third-order valence-corrected chi connectivity index (χ3v) is 3.76. The normalized spacial score (nSPS) is 13.3. The Labute approximate surface area is 118 Å². The molecule has 7 heteroatoms. The van der Waals surface area contributed by atoms with Gasteiger partial charge in [0.15, 0.2) is 9.84 Å². The van der Waals surface area contributed by atoms with E-state index in [1.165, 1.54) is 19.2 Å². The number of hydrogen-bond donors (Lipinski definition) is 2. The highest BCUT2D eigenvalue weighted by molar-refractivity contribution is 7.94. The Morgan fingerprint density at radius 3 is 2.65 bits per heavy atom. The Balaban J connectivity index is 2.57. The molecule has 0 fully saturated rings. The van der Waals surface area contributed by atoms with Gasteiger partial charge in [-0.05, 0) is 12.1 Å². The van der Waals surface area contributed by atoms with Crippen molar-refractivity contribution in [1.82, 2.24) is 5.32 Å². The molecule has 110 valence electrons. The number of methoxy groups -OCH3 is 1. The Bertz CT molecular complexity index is 553. The molecule has 0 saturated heterocycles. The average molecular weight is 299 g/mol. The van der Waals surface area contributed by atoms with Crippen molar-refractivity contribution in [3.05, 3.63) is 41.8 Å². The van der Waals surface area contributed by atoms with Gasteiger partial charge in [0.2, 0.25) is 5.91 Å². The standard InChI is InChI=1S/C13H17NO5S/c1-19-10-11(15)9-14-13(16)7-8-20(17,18)12-5-3-2-4-6-12/h2-8,11,15H,9-10H2,1H3,(H,14,16). The molecule has 1 amide bonds. The van der Waals surface area contributed by atoms with E-state index in [0.717, 1.165) is 11.5 Å². The van der Waals surface area contributed by atoms with Crippen molar-refractivity contribution in [2.24, 2.45) is 0 Å². The molecule has 20 heavy (non-hydrogen) atoms. The summed E-state index contributed by atoms with van der Waals surface area (Å²) in [5, 5.41) is 12.5. The zero-order valence-corrected chi connectivity index (χ0v) is 11.8. The van der Waals surface area contributed by atoms with Crippen LogP contribution < -0.4 is 5.32 Å². The molecule has 0 aliphatic carbocycles. The number of aliphatic hydroxyl groups is 1. The summed E-state index contributed by atoms with van der Waals surface area (Å²) in [6.07, 6.45) is 0.0880. The zero-order valence-electron chi connectivity index (χ0n) is 11.0. The lowest BCUT2D eigenvalue weighted by Crippen LogP contribution is -2.33. The highest BCUT2D eigenvalue weighted by atomic mass is 32.2. The minimum absolute atomic E-state index is 0.0115. The van der Waals surface area contributed by atoms with Gasteiger partial charge in [-0.1, -0.05) is 18.2 Å². The fourth-order valence-electron chi connectivity index (χ4n) is 1.37. The molecule has 0 heterocycles. The minimum atomic E-state index is -3.63. The lowest BCUT2D eigenvalue weighted by Gasteiger charge is -2.09. The van der Waals surface area contributed by atoms with Crippen molar-refractivity contribution in [3.63, 3.8) is 0 Å². The minimum Gasteiger partial charge on any atom is -0.389 e. The number of amides is 1. The van der Waals surface area contributed by atoms with Crippen LogP contribution in [0.1, 0.15) is 0 Å². The molecular formula is C13H17NO5S. The SMILES string of the molecule is COCC(O)CNC(=O)C=CS(=O)(=O)c1ccccc1.